The van der Waals surface area contributed by atoms with E-state index in [1.54, 1.807) is 36.4 Å². The molecule has 1 N–H and O–H groups in total. The molecule has 32 heavy (non-hydrogen) atoms. The van der Waals surface area contributed by atoms with Crippen LogP contribution in [0.4, 0.5) is 8.78 Å². The molecule has 0 radical (unpaired) electrons. The average molecular weight is 431 g/mol. The van der Waals surface area contributed by atoms with E-state index in [0.29, 0.717) is 11.3 Å². The lowest BCUT2D eigenvalue weighted by Gasteiger charge is -2.15. The van der Waals surface area contributed by atoms with Gasteiger partial charge in [-0.2, -0.15) is 5.26 Å². The summed E-state index contributed by atoms with van der Waals surface area (Å²) < 4.78 is 33.1. The summed E-state index contributed by atoms with van der Waals surface area (Å²) >= 11 is 0. The van der Waals surface area contributed by atoms with E-state index in [4.69, 9.17) is 4.74 Å². The summed E-state index contributed by atoms with van der Waals surface area (Å²) in [7, 11) is 0. The minimum absolute atomic E-state index is 0.0951. The van der Waals surface area contributed by atoms with Crippen molar-refractivity contribution in [1.82, 2.24) is 0 Å². The van der Waals surface area contributed by atoms with Gasteiger partial charge in [-0.25, -0.2) is 13.6 Å². The molecule has 0 bridgehead atoms. The maximum absolute atomic E-state index is 14.0. The molecule has 0 amide bonds. The van der Waals surface area contributed by atoms with E-state index >= 15 is 0 Å². The van der Waals surface area contributed by atoms with Crippen LogP contribution in [-0.4, -0.2) is 11.1 Å². The first-order valence-electron chi connectivity index (χ1n) is 10.1. The second-order valence-corrected chi connectivity index (χ2v) is 7.54. The molecule has 0 aromatic heterocycles. The zero-order chi connectivity index (χ0) is 22.7. The highest BCUT2D eigenvalue weighted by Crippen LogP contribution is 2.43. The van der Waals surface area contributed by atoms with Crippen molar-refractivity contribution >= 4 is 17.1 Å². The molecule has 3 aromatic carbocycles. The molecule has 0 saturated heterocycles. The number of benzene rings is 3. The second-order valence-electron chi connectivity index (χ2n) is 7.54. The number of nitrogens with zero attached hydrogens (tertiary/aromatic N) is 1. The monoisotopic (exact) mass is 431 g/mol. The van der Waals surface area contributed by atoms with Crippen molar-refractivity contribution < 1.29 is 23.4 Å². The lowest BCUT2D eigenvalue weighted by molar-refractivity contribution is 0.0697. The van der Waals surface area contributed by atoms with Gasteiger partial charge in [0.2, 0.25) is 0 Å². The topological polar surface area (TPSA) is 70.3 Å². The van der Waals surface area contributed by atoms with Crippen LogP contribution in [-0.2, 0) is 6.61 Å². The van der Waals surface area contributed by atoms with Gasteiger partial charge < -0.3 is 9.84 Å². The summed E-state index contributed by atoms with van der Waals surface area (Å²) in [6.07, 6.45) is 2.38. The summed E-state index contributed by atoms with van der Waals surface area (Å²) in [5.41, 5.74) is 4.39. The van der Waals surface area contributed by atoms with Crippen LogP contribution >= 0.6 is 0 Å². The average Bonchev–Trinajstić information content (AvgIpc) is 3.28. The number of halogens is 2. The van der Waals surface area contributed by atoms with Crippen molar-refractivity contribution in [2.24, 2.45) is 0 Å². The smallest absolute Gasteiger partial charge is 0.335 e. The summed E-state index contributed by atoms with van der Waals surface area (Å²) in [4.78, 5) is 11.4. The molecule has 3 aromatic rings. The Labute approximate surface area is 184 Å². The fourth-order valence-corrected chi connectivity index (χ4v) is 3.95. The Bertz CT molecular complexity index is 1270. The largest absolute Gasteiger partial charge is 0.488 e. The van der Waals surface area contributed by atoms with Crippen LogP contribution in [0.3, 0.4) is 0 Å². The number of allylic oxidation sites excluding steroid dienone is 2. The minimum atomic E-state index is -0.996. The first kappa shape index (κ1) is 21.3. The molecule has 0 atom stereocenters. The highest BCUT2D eigenvalue weighted by molar-refractivity contribution is 5.96. The number of carbonyl (C=O) groups is 1. The third-order valence-electron chi connectivity index (χ3n) is 5.51. The van der Waals surface area contributed by atoms with Crippen LogP contribution in [0.1, 0.15) is 51.9 Å². The molecule has 4 rings (SSSR count). The molecular weight excluding hydrogens is 412 g/mol. The van der Waals surface area contributed by atoms with Crippen LogP contribution < -0.4 is 4.74 Å². The summed E-state index contributed by atoms with van der Waals surface area (Å²) in [5, 5.41) is 18.7. The number of ether oxygens (including phenoxy) is 1. The number of carboxylic acids is 1. The SMILES string of the molecule is N#Cc1ccc(OCc2ccc(F)cc2F)c(C2=C(c3cccc(C(=O)O)c3)CCC2)c1. The lowest BCUT2D eigenvalue weighted by Crippen LogP contribution is -2.02. The summed E-state index contributed by atoms with van der Waals surface area (Å²) in [5.74, 6) is -1.86. The van der Waals surface area contributed by atoms with E-state index in [2.05, 4.69) is 6.07 Å². The van der Waals surface area contributed by atoms with Gasteiger partial charge in [-0.1, -0.05) is 12.1 Å². The molecule has 0 unspecified atom stereocenters. The van der Waals surface area contributed by atoms with E-state index in [9.17, 15) is 23.9 Å². The first-order valence-corrected chi connectivity index (χ1v) is 10.1. The van der Waals surface area contributed by atoms with Crippen LogP contribution in [0.25, 0.3) is 11.1 Å². The Morgan fingerprint density at radius 3 is 2.59 bits per heavy atom. The van der Waals surface area contributed by atoms with Gasteiger partial charge in [0.05, 0.1) is 17.2 Å². The van der Waals surface area contributed by atoms with Crippen molar-refractivity contribution in [3.63, 3.8) is 0 Å². The standard InChI is InChI=1S/C26H19F2NO3/c27-20-9-8-19(24(28)13-20)15-32-25-10-7-16(14-29)11-23(25)22-6-2-5-21(22)17-3-1-4-18(12-17)26(30)31/h1,3-4,7-13H,2,5-6,15H2,(H,30,31). The van der Waals surface area contributed by atoms with E-state index in [-0.39, 0.29) is 17.7 Å². The van der Waals surface area contributed by atoms with Crippen molar-refractivity contribution in [2.45, 2.75) is 25.9 Å². The molecule has 1 aliphatic carbocycles. The van der Waals surface area contributed by atoms with Crippen LogP contribution in [0.5, 0.6) is 5.75 Å². The zero-order valence-corrected chi connectivity index (χ0v) is 17.1. The third kappa shape index (κ3) is 4.37. The Morgan fingerprint density at radius 1 is 1.03 bits per heavy atom. The third-order valence-corrected chi connectivity index (χ3v) is 5.51. The van der Waals surface area contributed by atoms with Gasteiger partial charge in [0.25, 0.3) is 0 Å². The Kier molecular flexibility index (Phi) is 6.00. The lowest BCUT2D eigenvalue weighted by atomic mass is 9.94. The molecule has 0 saturated carbocycles. The Balaban J connectivity index is 1.74. The van der Waals surface area contributed by atoms with E-state index in [1.807, 2.05) is 6.07 Å². The molecule has 0 fully saturated rings. The van der Waals surface area contributed by atoms with Crippen molar-refractivity contribution in [1.29, 1.82) is 5.26 Å². The molecule has 1 aliphatic rings. The number of aromatic carboxylic acids is 1. The number of carboxylic acid groups (broad SMARTS) is 1. The number of rotatable bonds is 6. The van der Waals surface area contributed by atoms with Crippen LogP contribution in [0.2, 0.25) is 0 Å². The predicted octanol–water partition coefficient (Wildman–Crippen LogP) is 6.21. The maximum atomic E-state index is 14.0. The normalized spacial score (nSPS) is 13.2. The van der Waals surface area contributed by atoms with E-state index in [1.165, 1.54) is 12.1 Å². The Morgan fingerprint density at radius 2 is 1.84 bits per heavy atom. The molecule has 0 heterocycles. The highest BCUT2D eigenvalue weighted by atomic mass is 19.1. The summed E-state index contributed by atoms with van der Waals surface area (Å²) in [6, 6.07) is 17.3. The van der Waals surface area contributed by atoms with Gasteiger partial charge in [0, 0.05) is 17.2 Å². The van der Waals surface area contributed by atoms with Gasteiger partial charge in [0.15, 0.2) is 0 Å². The minimum Gasteiger partial charge on any atom is -0.488 e. The fourth-order valence-electron chi connectivity index (χ4n) is 3.95. The van der Waals surface area contributed by atoms with Crippen LogP contribution in [0, 0.1) is 23.0 Å². The maximum Gasteiger partial charge on any atom is 0.335 e. The number of hydrogen-bond acceptors (Lipinski definition) is 3. The predicted molar refractivity (Wildman–Crippen MR) is 116 cm³/mol. The van der Waals surface area contributed by atoms with Crippen molar-refractivity contribution in [2.75, 3.05) is 0 Å². The fraction of sp³-hybridized carbons (Fsp3) is 0.154. The van der Waals surface area contributed by atoms with E-state index < -0.39 is 17.6 Å². The highest BCUT2D eigenvalue weighted by Gasteiger charge is 2.22. The van der Waals surface area contributed by atoms with Crippen molar-refractivity contribution in [3.8, 4) is 11.8 Å². The van der Waals surface area contributed by atoms with Gasteiger partial charge in [-0.3, -0.25) is 0 Å². The van der Waals surface area contributed by atoms with Crippen molar-refractivity contribution in [3.05, 3.63) is 100 Å². The second kappa shape index (κ2) is 9.03. The first-order chi connectivity index (χ1) is 15.5. The zero-order valence-electron chi connectivity index (χ0n) is 17.1. The number of hydrogen-bond donors (Lipinski definition) is 1. The van der Waals surface area contributed by atoms with Gasteiger partial charge in [-0.05, 0) is 78.4 Å². The van der Waals surface area contributed by atoms with Gasteiger partial charge in [0.1, 0.15) is 24.0 Å². The molecule has 0 aliphatic heterocycles. The van der Waals surface area contributed by atoms with Gasteiger partial charge in [-0.15, -0.1) is 0 Å². The van der Waals surface area contributed by atoms with Crippen LogP contribution in [0.15, 0.2) is 60.7 Å². The molecule has 6 heteroatoms. The molecule has 4 nitrogen and oxygen atoms in total. The number of nitriles is 1. The van der Waals surface area contributed by atoms with Gasteiger partial charge >= 0.3 is 5.97 Å². The molecule has 0 spiro atoms. The molecule has 160 valence electrons. The van der Waals surface area contributed by atoms with E-state index in [0.717, 1.165) is 47.6 Å². The summed E-state index contributed by atoms with van der Waals surface area (Å²) in [6.45, 7) is -0.0951. The Hall–Kier alpha value is -3.98. The quantitative estimate of drug-likeness (QED) is 0.504. The molecular formula is C26H19F2NO3.